The third-order valence-electron chi connectivity index (χ3n) is 2.31. The number of carbonyl (C=O) groups is 1. The molecule has 0 aliphatic carbocycles. The molecule has 0 unspecified atom stereocenters. The molecule has 1 aromatic carbocycles. The van der Waals surface area contributed by atoms with E-state index >= 15 is 0 Å². The molecule has 0 aliphatic rings. The van der Waals surface area contributed by atoms with Crippen molar-refractivity contribution in [3.8, 4) is 5.75 Å². The van der Waals surface area contributed by atoms with Crippen LogP contribution < -0.4 is 4.74 Å². The van der Waals surface area contributed by atoms with Gasteiger partial charge in [-0.3, -0.25) is 4.79 Å². The summed E-state index contributed by atoms with van der Waals surface area (Å²) in [5, 5.41) is 0. The molecule has 0 spiro atoms. The van der Waals surface area contributed by atoms with Crippen LogP contribution in [0.4, 0.5) is 0 Å². The van der Waals surface area contributed by atoms with Gasteiger partial charge in [-0.1, -0.05) is 40.4 Å². The minimum atomic E-state index is -0.637. The lowest BCUT2D eigenvalue weighted by atomic mass is 10.1. The normalized spacial score (nSPS) is 10.5. The van der Waals surface area contributed by atoms with Crippen molar-refractivity contribution >= 4 is 21.9 Å². The number of esters is 1. The van der Waals surface area contributed by atoms with Gasteiger partial charge in [0, 0.05) is 6.42 Å². The number of halogens is 1. The summed E-state index contributed by atoms with van der Waals surface area (Å²) in [5.41, 5.74) is 3.61. The van der Waals surface area contributed by atoms with Crippen molar-refractivity contribution in [1.29, 1.82) is 0 Å². The molecule has 0 bridgehead atoms. The van der Waals surface area contributed by atoms with Gasteiger partial charge in [0.1, 0.15) is 16.3 Å². The van der Waals surface area contributed by atoms with Crippen LogP contribution in [0, 0.1) is 0 Å². The van der Waals surface area contributed by atoms with Gasteiger partial charge in [0.25, 0.3) is 0 Å². The summed E-state index contributed by atoms with van der Waals surface area (Å²) in [7, 11) is 0. The fourth-order valence-corrected chi connectivity index (χ4v) is 1.39. The van der Waals surface area contributed by atoms with E-state index < -0.39 is 4.32 Å². The minimum Gasteiger partial charge on any atom is -0.464 e. The Labute approximate surface area is 122 Å². The number of rotatable bonds is 6. The zero-order chi connectivity index (χ0) is 14.3. The number of benzene rings is 1. The number of hydrogen-bond donors (Lipinski definition) is 0. The first-order valence-electron chi connectivity index (χ1n) is 5.89. The van der Waals surface area contributed by atoms with Crippen molar-refractivity contribution in [2.24, 2.45) is 0 Å². The molecule has 0 saturated carbocycles. The molecule has 0 radical (unpaired) electrons. The summed E-state index contributed by atoms with van der Waals surface area (Å²) in [4.78, 5) is 11.5. The number of hydrogen-bond acceptors (Lipinski definition) is 3. The van der Waals surface area contributed by atoms with Crippen LogP contribution in [0.5, 0.6) is 5.75 Å². The van der Waals surface area contributed by atoms with Gasteiger partial charge >= 0.3 is 5.97 Å². The van der Waals surface area contributed by atoms with E-state index in [0.717, 1.165) is 11.3 Å². The molecule has 3 nitrogen and oxygen atoms in total. The van der Waals surface area contributed by atoms with Crippen molar-refractivity contribution in [3.63, 3.8) is 0 Å². The molecule has 102 valence electrons. The average molecular weight is 325 g/mol. The van der Waals surface area contributed by atoms with Gasteiger partial charge in [0.05, 0.1) is 6.61 Å². The maximum absolute atomic E-state index is 11.5. The van der Waals surface area contributed by atoms with Gasteiger partial charge in [-0.05, 0) is 31.5 Å². The molecule has 1 aromatic rings. The topological polar surface area (TPSA) is 35.5 Å². The lowest BCUT2D eigenvalue weighted by Gasteiger charge is -2.14. The first kappa shape index (κ1) is 15.5. The SMILES string of the molecule is C=C=COc1ccc(CCOC(=O)C(C)(C)Br)cc1. The van der Waals surface area contributed by atoms with Gasteiger partial charge in [0.15, 0.2) is 0 Å². The maximum atomic E-state index is 11.5. The largest absolute Gasteiger partial charge is 0.464 e. The van der Waals surface area contributed by atoms with Gasteiger partial charge < -0.3 is 9.47 Å². The third kappa shape index (κ3) is 5.77. The van der Waals surface area contributed by atoms with Crippen molar-refractivity contribution in [1.82, 2.24) is 0 Å². The van der Waals surface area contributed by atoms with E-state index in [1.54, 1.807) is 13.8 Å². The number of ether oxygens (including phenoxy) is 2. The van der Waals surface area contributed by atoms with Crippen LogP contribution in [0.3, 0.4) is 0 Å². The lowest BCUT2D eigenvalue weighted by Crippen LogP contribution is -2.27. The highest BCUT2D eigenvalue weighted by atomic mass is 79.9. The molecule has 19 heavy (non-hydrogen) atoms. The molecule has 0 N–H and O–H groups in total. The van der Waals surface area contributed by atoms with Crippen LogP contribution in [0.15, 0.2) is 42.8 Å². The van der Waals surface area contributed by atoms with E-state index in [9.17, 15) is 4.79 Å². The Bertz CT molecular complexity index is 465. The van der Waals surface area contributed by atoms with E-state index in [1.165, 1.54) is 6.26 Å². The average Bonchev–Trinajstić information content (AvgIpc) is 2.36. The van der Waals surface area contributed by atoms with E-state index in [2.05, 4.69) is 28.2 Å². The highest BCUT2D eigenvalue weighted by molar-refractivity contribution is 9.10. The summed E-state index contributed by atoms with van der Waals surface area (Å²) in [6.07, 6.45) is 2.07. The molecule has 0 atom stereocenters. The molecular formula is C15H17BrO3. The standard InChI is InChI=1S/C15H17BrO3/c1-4-10-18-13-7-5-12(6-8-13)9-11-19-14(17)15(2,3)16/h5-8,10H,1,9,11H2,2-3H3. The summed E-state index contributed by atoms with van der Waals surface area (Å²) in [5.74, 6) is 0.460. The first-order valence-corrected chi connectivity index (χ1v) is 6.69. The summed E-state index contributed by atoms with van der Waals surface area (Å²) in [6, 6.07) is 7.55. The quantitative estimate of drug-likeness (QED) is 0.347. The minimum absolute atomic E-state index is 0.261. The van der Waals surface area contributed by atoms with E-state index in [0.29, 0.717) is 13.0 Å². The van der Waals surface area contributed by atoms with Crippen molar-refractivity contribution in [2.45, 2.75) is 24.6 Å². The summed E-state index contributed by atoms with van der Waals surface area (Å²) < 4.78 is 9.73. The molecule has 0 heterocycles. The fourth-order valence-electron chi connectivity index (χ4n) is 1.28. The lowest BCUT2D eigenvalue weighted by molar-refractivity contribution is -0.145. The molecule has 0 amide bonds. The van der Waals surface area contributed by atoms with Crippen LogP contribution in [0.2, 0.25) is 0 Å². The van der Waals surface area contributed by atoms with Gasteiger partial charge in [-0.15, -0.1) is 0 Å². The second-order valence-corrected chi connectivity index (χ2v) is 6.42. The zero-order valence-corrected chi connectivity index (χ0v) is 12.7. The number of carbonyl (C=O) groups excluding carboxylic acids is 1. The highest BCUT2D eigenvalue weighted by Crippen LogP contribution is 2.18. The molecule has 1 rings (SSSR count). The third-order valence-corrected chi connectivity index (χ3v) is 2.63. The predicted molar refractivity (Wildman–Crippen MR) is 78.4 cm³/mol. The molecule has 0 aromatic heterocycles. The molecule has 0 fully saturated rings. The van der Waals surface area contributed by atoms with E-state index in [-0.39, 0.29) is 5.97 Å². The molecule has 0 saturated heterocycles. The Morgan fingerprint density at radius 3 is 2.58 bits per heavy atom. The smallest absolute Gasteiger partial charge is 0.322 e. The number of alkyl halides is 1. The predicted octanol–water partition coefficient (Wildman–Crippen LogP) is 3.62. The van der Waals surface area contributed by atoms with Gasteiger partial charge in [-0.2, -0.15) is 0 Å². The Morgan fingerprint density at radius 1 is 1.42 bits per heavy atom. The second kappa shape index (κ2) is 7.17. The van der Waals surface area contributed by atoms with Crippen LogP contribution in [0.1, 0.15) is 19.4 Å². The van der Waals surface area contributed by atoms with Gasteiger partial charge in [-0.25, -0.2) is 0 Å². The van der Waals surface area contributed by atoms with E-state index in [1.807, 2.05) is 24.3 Å². The van der Waals surface area contributed by atoms with Crippen molar-refractivity contribution < 1.29 is 14.3 Å². The first-order chi connectivity index (χ1) is 8.93. The van der Waals surface area contributed by atoms with Crippen molar-refractivity contribution in [2.75, 3.05) is 6.61 Å². The Kier molecular flexibility index (Phi) is 5.87. The Morgan fingerprint density at radius 2 is 2.05 bits per heavy atom. The van der Waals surface area contributed by atoms with Crippen LogP contribution in [0.25, 0.3) is 0 Å². The highest BCUT2D eigenvalue weighted by Gasteiger charge is 2.25. The van der Waals surface area contributed by atoms with E-state index in [4.69, 9.17) is 9.47 Å². The molecule has 0 aliphatic heterocycles. The summed E-state index contributed by atoms with van der Waals surface area (Å²) >= 11 is 3.26. The Hall–Kier alpha value is -1.51. The monoisotopic (exact) mass is 324 g/mol. The van der Waals surface area contributed by atoms with Crippen molar-refractivity contribution in [3.05, 3.63) is 48.4 Å². The van der Waals surface area contributed by atoms with Crippen LogP contribution >= 0.6 is 15.9 Å². The molecule has 4 heteroatoms. The maximum Gasteiger partial charge on any atom is 0.322 e. The Balaban J connectivity index is 2.42. The fraction of sp³-hybridized carbons (Fsp3) is 0.333. The second-order valence-electron chi connectivity index (χ2n) is 4.44. The van der Waals surface area contributed by atoms with Crippen LogP contribution in [-0.4, -0.2) is 16.9 Å². The summed E-state index contributed by atoms with van der Waals surface area (Å²) in [6.45, 7) is 7.29. The molecular weight excluding hydrogens is 308 g/mol. The zero-order valence-electron chi connectivity index (χ0n) is 11.1. The van der Waals surface area contributed by atoms with Gasteiger partial charge in [0.2, 0.25) is 0 Å². The van der Waals surface area contributed by atoms with Crippen LogP contribution in [-0.2, 0) is 16.0 Å².